The molecule has 8 N–H and O–H groups in total. The third-order valence-corrected chi connectivity index (χ3v) is 6.15. The summed E-state index contributed by atoms with van der Waals surface area (Å²) in [6.45, 7) is 0.515. The van der Waals surface area contributed by atoms with Crippen LogP contribution in [-0.4, -0.2) is 59.9 Å². The third-order valence-electron chi connectivity index (χ3n) is 6.15. The number of nitrogens with one attached hydrogen (secondary N) is 2. The predicted octanol–water partition coefficient (Wildman–Crippen LogP) is 0.976. The van der Waals surface area contributed by atoms with E-state index in [1.54, 1.807) is 0 Å². The van der Waals surface area contributed by atoms with E-state index < -0.39 is 35.6 Å². The molecule has 0 aliphatic carbocycles. The Hall–Kier alpha value is -3.48. The topological polar surface area (TPSA) is 157 Å². The summed E-state index contributed by atoms with van der Waals surface area (Å²) in [4.78, 5) is 39.8. The lowest BCUT2D eigenvalue weighted by Gasteiger charge is -2.22. The summed E-state index contributed by atoms with van der Waals surface area (Å²) in [5.74, 6) is -1.84. The largest absolute Gasteiger partial charge is 0.416 e. The molecule has 1 unspecified atom stereocenters. The van der Waals surface area contributed by atoms with E-state index in [1.807, 2.05) is 30.3 Å². The van der Waals surface area contributed by atoms with Crippen molar-refractivity contribution in [3.05, 3.63) is 65.7 Å². The molecule has 4 atom stereocenters. The molecular formula is C25H31F3N6O3. The predicted molar refractivity (Wildman–Crippen MR) is 132 cm³/mol. The van der Waals surface area contributed by atoms with Gasteiger partial charge in [0, 0.05) is 30.9 Å². The monoisotopic (exact) mass is 520 g/mol. The van der Waals surface area contributed by atoms with E-state index >= 15 is 0 Å². The molecule has 2 aromatic carbocycles. The lowest BCUT2D eigenvalue weighted by atomic mass is 10.0. The molecular weight excluding hydrogens is 489 g/mol. The van der Waals surface area contributed by atoms with E-state index in [0.29, 0.717) is 6.42 Å². The number of hydrogen-bond donors (Lipinski definition) is 5. The highest BCUT2D eigenvalue weighted by atomic mass is 19.4. The summed E-state index contributed by atoms with van der Waals surface area (Å²) in [6.07, 6.45) is -4.34. The Balaban J connectivity index is 1.67. The van der Waals surface area contributed by atoms with Gasteiger partial charge in [0.2, 0.25) is 17.7 Å². The molecule has 3 amide bonds. The smallest absolute Gasteiger partial charge is 0.343 e. The van der Waals surface area contributed by atoms with E-state index in [-0.39, 0.29) is 49.6 Å². The van der Waals surface area contributed by atoms with Crippen molar-refractivity contribution in [3.8, 4) is 0 Å². The molecule has 0 bridgehead atoms. The van der Waals surface area contributed by atoms with Gasteiger partial charge < -0.3 is 32.7 Å². The fourth-order valence-corrected chi connectivity index (χ4v) is 3.97. The SMILES string of the molecule is N[C@@H](CC(=O)N1C[C@H](N)[C@@H](N)C1)C(=O)NC(CCc1ccccc1)C(=O)Nc1cccc(C(F)(F)F)c1. The number of halogens is 3. The van der Waals surface area contributed by atoms with Gasteiger partial charge >= 0.3 is 6.18 Å². The van der Waals surface area contributed by atoms with Crippen molar-refractivity contribution in [1.29, 1.82) is 0 Å². The molecule has 200 valence electrons. The Morgan fingerprint density at radius 1 is 0.973 bits per heavy atom. The molecule has 1 saturated heterocycles. The first kappa shape index (κ1) is 28.1. The van der Waals surface area contributed by atoms with Gasteiger partial charge in [0.25, 0.3) is 0 Å². The number of hydrogen-bond acceptors (Lipinski definition) is 6. The maximum Gasteiger partial charge on any atom is 0.416 e. The average molecular weight is 521 g/mol. The first-order valence-electron chi connectivity index (χ1n) is 11.8. The standard InChI is InChI=1S/C25H31F3N6O3/c26-25(27,28)16-7-4-8-17(11-16)32-24(37)21(10-9-15-5-2-1-3-6-15)33-23(36)18(29)12-22(35)34-13-19(30)20(31)14-34/h1-8,11,18-21H,9-10,12-14,29-31H2,(H,32,37)(H,33,36)/t18-,19-,20-,21?/m0/s1. The third kappa shape index (κ3) is 8.00. The van der Waals surface area contributed by atoms with Crippen LogP contribution in [0.15, 0.2) is 54.6 Å². The van der Waals surface area contributed by atoms with Crippen molar-refractivity contribution in [2.75, 3.05) is 18.4 Å². The van der Waals surface area contributed by atoms with Gasteiger partial charge in [-0.25, -0.2) is 0 Å². The van der Waals surface area contributed by atoms with Crippen molar-refractivity contribution in [3.63, 3.8) is 0 Å². The molecule has 9 nitrogen and oxygen atoms in total. The van der Waals surface area contributed by atoms with Crippen molar-refractivity contribution >= 4 is 23.4 Å². The highest BCUT2D eigenvalue weighted by molar-refractivity contribution is 5.98. The number of rotatable bonds is 9. The van der Waals surface area contributed by atoms with E-state index in [4.69, 9.17) is 17.2 Å². The molecule has 1 aliphatic heterocycles. The van der Waals surface area contributed by atoms with Gasteiger partial charge in [0.1, 0.15) is 6.04 Å². The first-order chi connectivity index (χ1) is 17.4. The molecule has 3 rings (SSSR count). The normalized spacial score (nSPS) is 19.2. The number of anilines is 1. The van der Waals surface area contributed by atoms with Gasteiger partial charge in [0.15, 0.2) is 0 Å². The zero-order valence-electron chi connectivity index (χ0n) is 20.1. The Kier molecular flexibility index (Phi) is 9.24. The van der Waals surface area contributed by atoms with Crippen LogP contribution >= 0.6 is 0 Å². The minimum atomic E-state index is -4.58. The zero-order valence-corrected chi connectivity index (χ0v) is 20.1. The molecule has 0 saturated carbocycles. The van der Waals surface area contributed by atoms with Crippen LogP contribution < -0.4 is 27.8 Å². The fraction of sp³-hybridized carbons (Fsp3) is 0.400. The lowest BCUT2D eigenvalue weighted by molar-refractivity contribution is -0.137. The molecule has 2 aromatic rings. The molecule has 0 spiro atoms. The maximum atomic E-state index is 13.1. The fourth-order valence-electron chi connectivity index (χ4n) is 3.97. The molecule has 0 aromatic heterocycles. The zero-order chi connectivity index (χ0) is 27.2. The van der Waals surface area contributed by atoms with Gasteiger partial charge in [0.05, 0.1) is 18.0 Å². The Morgan fingerprint density at radius 3 is 2.24 bits per heavy atom. The number of alkyl halides is 3. The second kappa shape index (κ2) is 12.2. The van der Waals surface area contributed by atoms with Gasteiger partial charge in [-0.2, -0.15) is 13.2 Å². The summed E-state index contributed by atoms with van der Waals surface area (Å²) in [6, 6.07) is 10.3. The highest BCUT2D eigenvalue weighted by Gasteiger charge is 2.33. The second-order valence-corrected chi connectivity index (χ2v) is 9.09. The number of likely N-dealkylation sites (tertiary alicyclic amines) is 1. The molecule has 1 heterocycles. The van der Waals surface area contributed by atoms with Crippen LogP contribution in [0.4, 0.5) is 18.9 Å². The van der Waals surface area contributed by atoms with Crippen LogP contribution in [0, 0.1) is 0 Å². The number of carbonyl (C=O) groups is 3. The van der Waals surface area contributed by atoms with E-state index in [2.05, 4.69) is 10.6 Å². The van der Waals surface area contributed by atoms with Crippen LogP contribution in [0.1, 0.15) is 24.0 Å². The summed E-state index contributed by atoms with van der Waals surface area (Å²) < 4.78 is 39.2. The summed E-state index contributed by atoms with van der Waals surface area (Å²) in [7, 11) is 0. The average Bonchev–Trinajstić information content (AvgIpc) is 3.20. The van der Waals surface area contributed by atoms with E-state index in [1.165, 1.54) is 17.0 Å². The Labute approximate surface area is 212 Å². The lowest BCUT2D eigenvalue weighted by Crippen LogP contribution is -2.51. The number of aryl methyl sites for hydroxylation is 1. The van der Waals surface area contributed by atoms with Gasteiger partial charge in [-0.15, -0.1) is 0 Å². The summed E-state index contributed by atoms with van der Waals surface area (Å²) in [5.41, 5.74) is 17.5. The summed E-state index contributed by atoms with van der Waals surface area (Å²) >= 11 is 0. The number of amides is 3. The molecule has 1 fully saturated rings. The minimum Gasteiger partial charge on any atom is -0.343 e. The van der Waals surface area contributed by atoms with Crippen LogP contribution in [0.3, 0.4) is 0 Å². The molecule has 1 aliphatic rings. The Bertz CT molecular complexity index is 1090. The highest BCUT2D eigenvalue weighted by Crippen LogP contribution is 2.30. The van der Waals surface area contributed by atoms with E-state index in [0.717, 1.165) is 17.7 Å². The van der Waals surface area contributed by atoms with Crippen LogP contribution in [-0.2, 0) is 27.0 Å². The van der Waals surface area contributed by atoms with Crippen molar-refractivity contribution in [2.45, 2.75) is 49.6 Å². The molecule has 0 radical (unpaired) electrons. The Morgan fingerprint density at radius 2 is 1.62 bits per heavy atom. The van der Waals surface area contributed by atoms with Gasteiger partial charge in [-0.05, 0) is 36.6 Å². The van der Waals surface area contributed by atoms with Crippen molar-refractivity contribution in [1.82, 2.24) is 10.2 Å². The van der Waals surface area contributed by atoms with Gasteiger partial charge in [-0.1, -0.05) is 36.4 Å². The maximum absolute atomic E-state index is 13.1. The van der Waals surface area contributed by atoms with Crippen LogP contribution in [0.2, 0.25) is 0 Å². The van der Waals surface area contributed by atoms with Crippen molar-refractivity contribution < 1.29 is 27.6 Å². The first-order valence-corrected chi connectivity index (χ1v) is 11.8. The molecule has 12 heteroatoms. The number of carbonyl (C=O) groups excluding carboxylic acids is 3. The van der Waals surface area contributed by atoms with E-state index in [9.17, 15) is 27.6 Å². The number of nitrogens with two attached hydrogens (primary N) is 3. The number of benzene rings is 2. The quantitative estimate of drug-likeness (QED) is 0.332. The van der Waals surface area contributed by atoms with Crippen molar-refractivity contribution in [2.24, 2.45) is 17.2 Å². The van der Waals surface area contributed by atoms with Crippen LogP contribution in [0.25, 0.3) is 0 Å². The number of nitrogens with zero attached hydrogens (tertiary/aromatic N) is 1. The summed E-state index contributed by atoms with van der Waals surface area (Å²) in [5, 5.41) is 4.98. The molecule has 37 heavy (non-hydrogen) atoms. The second-order valence-electron chi connectivity index (χ2n) is 9.09. The van der Waals surface area contributed by atoms with Crippen LogP contribution in [0.5, 0.6) is 0 Å². The van der Waals surface area contributed by atoms with Gasteiger partial charge in [-0.3, -0.25) is 14.4 Å². The minimum absolute atomic E-state index is 0.0695.